The number of benzene rings is 1. The van der Waals surface area contributed by atoms with Crippen LogP contribution in [0.5, 0.6) is 5.75 Å². The molecular weight excluding hydrogens is 555 g/mol. The van der Waals surface area contributed by atoms with Crippen LogP contribution in [-0.2, 0) is 16.0 Å². The van der Waals surface area contributed by atoms with Gasteiger partial charge in [0.2, 0.25) is 0 Å². The number of carbonyl (C=O) groups excluding carboxylic acids is 3. The molecule has 37 heavy (non-hydrogen) atoms. The van der Waals surface area contributed by atoms with Crippen LogP contribution in [0, 0.1) is 20.8 Å². The van der Waals surface area contributed by atoms with Gasteiger partial charge in [-0.1, -0.05) is 0 Å². The number of amides is 2. The average molecular weight is 586 g/mol. The minimum absolute atomic E-state index is 0.116. The van der Waals surface area contributed by atoms with Gasteiger partial charge in [0.05, 0.1) is 0 Å². The van der Waals surface area contributed by atoms with E-state index >= 15 is 0 Å². The summed E-state index contributed by atoms with van der Waals surface area (Å²) < 4.78 is 5.56. The summed E-state index contributed by atoms with van der Waals surface area (Å²) in [5.74, 6) is -1.23. The van der Waals surface area contributed by atoms with E-state index in [1.807, 2.05) is 25.1 Å². The number of aromatic hydroxyl groups is 1. The molecule has 3 rings (SSSR count). The molecule has 11 heteroatoms. The number of carbonyl (C=O) groups is 3. The second-order valence-electron chi connectivity index (χ2n) is 8.39. The molecule has 1 radical (unpaired) electrons. The van der Waals surface area contributed by atoms with Gasteiger partial charge in [-0.2, -0.15) is 0 Å². The maximum absolute atomic E-state index is 13.1. The first-order valence-electron chi connectivity index (χ1n) is 11.7. The third-order valence-corrected chi connectivity index (χ3v) is 8.64. The van der Waals surface area contributed by atoms with E-state index in [-0.39, 0.29) is 34.0 Å². The van der Waals surface area contributed by atoms with Crippen molar-refractivity contribution in [2.45, 2.75) is 44.9 Å². The average Bonchev–Trinajstić information content (AvgIpc) is 3.29. The Hall–Kier alpha value is -3.23. The number of ether oxygens (including phenoxy) is 1. The summed E-state index contributed by atoms with van der Waals surface area (Å²) in [4.78, 5) is 48.4. The second-order valence-corrected chi connectivity index (χ2v) is 12.1. The standard InChI is InChI=1S/C26H30AsN4O5S/c1-15-10-11-21(37-15)23(33)28-14-20(25(35)36-4)31-24(34)22-16(2)29-26(30-17(22)3)27-12-6-8-18-7-5-9-19(32)13-18/h5,7,9-11,13,20,32H,6,8,12,14H2,1-4H3,(H,28,33)(H,31,34). The Balaban J connectivity index is 1.59. The van der Waals surface area contributed by atoms with E-state index in [4.69, 9.17) is 4.74 Å². The Morgan fingerprint density at radius 2 is 1.81 bits per heavy atom. The first-order chi connectivity index (χ1) is 17.7. The van der Waals surface area contributed by atoms with Crippen LogP contribution in [0.15, 0.2) is 36.4 Å². The van der Waals surface area contributed by atoms with Crippen LogP contribution in [0.25, 0.3) is 0 Å². The summed E-state index contributed by atoms with van der Waals surface area (Å²) in [6.45, 7) is 5.27. The van der Waals surface area contributed by atoms with Crippen molar-refractivity contribution in [1.29, 1.82) is 0 Å². The Labute approximate surface area is 226 Å². The van der Waals surface area contributed by atoms with Crippen molar-refractivity contribution in [2.75, 3.05) is 13.7 Å². The van der Waals surface area contributed by atoms with E-state index in [0.29, 0.717) is 21.8 Å². The molecule has 0 spiro atoms. The molecule has 2 heterocycles. The molecule has 0 bridgehead atoms. The summed E-state index contributed by atoms with van der Waals surface area (Å²) in [5.41, 5.74) is 2.46. The third-order valence-electron chi connectivity index (χ3n) is 5.50. The van der Waals surface area contributed by atoms with Crippen LogP contribution >= 0.6 is 11.3 Å². The van der Waals surface area contributed by atoms with Crippen molar-refractivity contribution in [3.8, 4) is 5.75 Å². The molecular formula is C26H30AsN4O5S. The molecule has 195 valence electrons. The van der Waals surface area contributed by atoms with Crippen LogP contribution < -0.4 is 15.2 Å². The van der Waals surface area contributed by atoms with Gasteiger partial charge in [-0.3, -0.25) is 0 Å². The Morgan fingerprint density at radius 3 is 2.43 bits per heavy atom. The molecule has 0 saturated heterocycles. The fourth-order valence-electron chi connectivity index (χ4n) is 3.68. The van der Waals surface area contributed by atoms with Gasteiger partial charge in [-0.05, 0) is 13.0 Å². The third kappa shape index (κ3) is 8.13. The number of methoxy groups -OCH3 is 1. The van der Waals surface area contributed by atoms with Gasteiger partial charge in [0.15, 0.2) is 0 Å². The molecule has 2 amide bonds. The zero-order valence-electron chi connectivity index (χ0n) is 21.2. The molecule has 3 aromatic rings. The summed E-state index contributed by atoms with van der Waals surface area (Å²) in [5, 5.41) is 15.9. The van der Waals surface area contributed by atoms with Gasteiger partial charge >= 0.3 is 209 Å². The number of phenolic OH excluding ortho intramolecular Hbond substituents is 1. The molecule has 1 unspecified atom stereocenters. The minimum atomic E-state index is -1.07. The number of nitrogens with zero attached hydrogens (tertiary/aromatic N) is 2. The number of aromatic nitrogens is 2. The topological polar surface area (TPSA) is 131 Å². The van der Waals surface area contributed by atoms with Crippen LogP contribution in [-0.4, -0.2) is 68.3 Å². The number of hydrogen-bond donors (Lipinski definition) is 3. The number of esters is 1. The number of aryl methyl sites for hydroxylation is 4. The van der Waals surface area contributed by atoms with E-state index in [1.165, 1.54) is 18.4 Å². The molecule has 0 aliphatic carbocycles. The van der Waals surface area contributed by atoms with E-state index in [1.54, 1.807) is 32.0 Å². The fourth-order valence-corrected chi connectivity index (χ4v) is 6.47. The predicted octanol–water partition coefficient (Wildman–Crippen LogP) is 2.25. The van der Waals surface area contributed by atoms with E-state index < -0.39 is 17.9 Å². The second kappa shape index (κ2) is 13.4. The monoisotopic (exact) mass is 585 g/mol. The molecule has 3 N–H and O–H groups in total. The quantitative estimate of drug-likeness (QED) is 0.179. The first kappa shape index (κ1) is 28.3. The van der Waals surface area contributed by atoms with Gasteiger partial charge in [0.25, 0.3) is 0 Å². The van der Waals surface area contributed by atoms with Gasteiger partial charge in [0, 0.05) is 4.88 Å². The maximum atomic E-state index is 13.1. The molecule has 1 aromatic carbocycles. The van der Waals surface area contributed by atoms with Crippen molar-refractivity contribution in [3.63, 3.8) is 0 Å². The SMILES string of the molecule is COC(=O)C(CNC(=O)c1ccc(C)s1)NC(=O)c1c(C)nc([As]CCCc2cccc(O)c2)nc1C. The van der Waals surface area contributed by atoms with Crippen LogP contribution in [0.4, 0.5) is 0 Å². The van der Waals surface area contributed by atoms with E-state index in [2.05, 4.69) is 20.6 Å². The van der Waals surface area contributed by atoms with Crippen LogP contribution in [0.3, 0.4) is 0 Å². The zero-order chi connectivity index (χ0) is 26.9. The molecule has 0 aliphatic rings. The number of hydrogen-bond acceptors (Lipinski definition) is 8. The Kier molecular flexibility index (Phi) is 10.2. The summed E-state index contributed by atoms with van der Waals surface area (Å²) in [6.07, 6.45) is 1.81. The zero-order valence-corrected chi connectivity index (χ0v) is 23.9. The predicted molar refractivity (Wildman–Crippen MR) is 143 cm³/mol. The molecule has 9 nitrogen and oxygen atoms in total. The van der Waals surface area contributed by atoms with Crippen molar-refractivity contribution in [1.82, 2.24) is 20.6 Å². The summed E-state index contributed by atoms with van der Waals surface area (Å²) in [6, 6.07) is 9.73. The van der Waals surface area contributed by atoms with Crippen molar-refractivity contribution in [2.24, 2.45) is 0 Å². The Morgan fingerprint density at radius 1 is 1.08 bits per heavy atom. The van der Waals surface area contributed by atoms with Crippen molar-refractivity contribution in [3.05, 3.63) is 68.7 Å². The van der Waals surface area contributed by atoms with E-state index in [0.717, 1.165) is 33.1 Å². The van der Waals surface area contributed by atoms with Crippen molar-refractivity contribution >= 4 is 49.5 Å². The number of rotatable bonds is 11. The summed E-state index contributed by atoms with van der Waals surface area (Å²) in [7, 11) is 1.23. The van der Waals surface area contributed by atoms with Crippen molar-refractivity contribution < 1.29 is 24.2 Å². The van der Waals surface area contributed by atoms with Gasteiger partial charge in [0.1, 0.15) is 0 Å². The molecule has 0 fully saturated rings. The van der Waals surface area contributed by atoms with E-state index in [9.17, 15) is 19.5 Å². The number of phenols is 1. The van der Waals surface area contributed by atoms with Gasteiger partial charge in [-0.25, -0.2) is 0 Å². The Bertz CT molecular complexity index is 1260. The molecule has 0 saturated carbocycles. The fraction of sp³-hybridized carbons (Fsp3) is 0.346. The van der Waals surface area contributed by atoms with Gasteiger partial charge in [-0.15, -0.1) is 0 Å². The van der Waals surface area contributed by atoms with Gasteiger partial charge < -0.3 is 0 Å². The van der Waals surface area contributed by atoms with Crippen LogP contribution in [0.1, 0.15) is 48.3 Å². The number of nitrogens with one attached hydrogen (secondary N) is 2. The summed E-state index contributed by atoms with van der Waals surface area (Å²) >= 11 is 1.06. The molecule has 0 aliphatic heterocycles. The molecule has 2 aromatic heterocycles. The molecule has 1 atom stereocenters. The normalized spacial score (nSPS) is 11.9. The first-order valence-corrected chi connectivity index (χ1v) is 14.8. The number of thiophene rings is 1. The van der Waals surface area contributed by atoms with Crippen LogP contribution in [0.2, 0.25) is 5.21 Å².